The molecule has 2 nitrogen and oxygen atoms in total. The molecule has 0 aliphatic rings. The van der Waals surface area contributed by atoms with Crippen LogP contribution in [0.3, 0.4) is 0 Å². The van der Waals surface area contributed by atoms with Gasteiger partial charge >= 0.3 is 0 Å². The van der Waals surface area contributed by atoms with E-state index in [1.807, 2.05) is 13.0 Å². The summed E-state index contributed by atoms with van der Waals surface area (Å²) in [5, 5.41) is 9.52. The number of aryl methyl sites for hydroxylation is 1. The first-order chi connectivity index (χ1) is 8.58. The lowest BCUT2D eigenvalue weighted by Gasteiger charge is -2.15. The molecule has 1 aromatic carbocycles. The Morgan fingerprint density at radius 2 is 2.11 bits per heavy atom. The van der Waals surface area contributed by atoms with Crippen molar-refractivity contribution in [3.8, 4) is 5.75 Å². The van der Waals surface area contributed by atoms with Gasteiger partial charge in [0.15, 0.2) is 0 Å². The van der Waals surface area contributed by atoms with E-state index in [-0.39, 0.29) is 12.5 Å². The van der Waals surface area contributed by atoms with E-state index >= 15 is 0 Å². The fourth-order valence-electron chi connectivity index (χ4n) is 2.03. The summed E-state index contributed by atoms with van der Waals surface area (Å²) < 4.78 is 5.33. The highest BCUT2D eigenvalue weighted by Crippen LogP contribution is 2.27. The monoisotopic (exact) mass is 248 g/mol. The molecule has 1 unspecified atom stereocenters. The van der Waals surface area contributed by atoms with Gasteiger partial charge in [-0.15, -0.1) is 0 Å². The van der Waals surface area contributed by atoms with Crippen molar-refractivity contribution >= 4 is 0 Å². The molecule has 0 aromatic heterocycles. The van der Waals surface area contributed by atoms with Crippen LogP contribution in [0.2, 0.25) is 0 Å². The first kappa shape index (κ1) is 14.8. The quantitative estimate of drug-likeness (QED) is 0.775. The van der Waals surface area contributed by atoms with E-state index in [0.29, 0.717) is 0 Å². The minimum atomic E-state index is 0.183. The van der Waals surface area contributed by atoms with E-state index in [2.05, 4.69) is 32.1 Å². The second-order valence-corrected chi connectivity index (χ2v) is 4.97. The molecule has 0 spiro atoms. The zero-order chi connectivity index (χ0) is 13.5. The number of ether oxygens (including phenoxy) is 1. The first-order valence-electron chi connectivity index (χ1n) is 6.47. The van der Waals surface area contributed by atoms with Gasteiger partial charge in [0.25, 0.3) is 0 Å². The molecule has 0 saturated carbocycles. The van der Waals surface area contributed by atoms with Crippen LogP contribution in [0.5, 0.6) is 5.75 Å². The SMILES string of the molecule is COc1cc(C(CO)CCC=C(C)C)ccc1C. The highest BCUT2D eigenvalue weighted by atomic mass is 16.5. The molecule has 0 amide bonds. The second-order valence-electron chi connectivity index (χ2n) is 4.97. The second kappa shape index (κ2) is 7.22. The number of methoxy groups -OCH3 is 1. The zero-order valence-corrected chi connectivity index (χ0v) is 11.9. The molecule has 0 aliphatic carbocycles. The maximum absolute atomic E-state index is 9.52. The van der Waals surface area contributed by atoms with E-state index < -0.39 is 0 Å². The number of rotatable bonds is 6. The van der Waals surface area contributed by atoms with Crippen LogP contribution in [0, 0.1) is 6.92 Å². The number of aliphatic hydroxyl groups excluding tert-OH is 1. The molecule has 0 saturated heterocycles. The van der Waals surface area contributed by atoms with Crippen molar-refractivity contribution in [2.45, 2.75) is 39.5 Å². The number of benzene rings is 1. The lowest BCUT2D eigenvalue weighted by atomic mass is 9.93. The summed E-state index contributed by atoms with van der Waals surface area (Å²) in [7, 11) is 1.68. The largest absolute Gasteiger partial charge is 0.496 e. The van der Waals surface area contributed by atoms with Crippen molar-refractivity contribution in [2.24, 2.45) is 0 Å². The molecule has 0 bridgehead atoms. The van der Waals surface area contributed by atoms with E-state index in [1.54, 1.807) is 7.11 Å². The van der Waals surface area contributed by atoms with Crippen LogP contribution in [0.25, 0.3) is 0 Å². The van der Waals surface area contributed by atoms with Crippen molar-refractivity contribution in [3.63, 3.8) is 0 Å². The van der Waals surface area contributed by atoms with Gasteiger partial charge < -0.3 is 9.84 Å². The van der Waals surface area contributed by atoms with Gasteiger partial charge in [0.2, 0.25) is 0 Å². The van der Waals surface area contributed by atoms with Crippen LogP contribution in [0.1, 0.15) is 43.7 Å². The Bertz CT molecular complexity index is 404. The number of hydrogen-bond donors (Lipinski definition) is 1. The van der Waals surface area contributed by atoms with Gasteiger partial charge in [-0.2, -0.15) is 0 Å². The van der Waals surface area contributed by atoms with Crippen LogP contribution in [0.15, 0.2) is 29.8 Å². The molecule has 100 valence electrons. The van der Waals surface area contributed by atoms with Gasteiger partial charge in [-0.05, 0) is 50.8 Å². The summed E-state index contributed by atoms with van der Waals surface area (Å²) in [5.41, 5.74) is 3.61. The molecule has 1 aromatic rings. The fourth-order valence-corrected chi connectivity index (χ4v) is 2.03. The smallest absolute Gasteiger partial charge is 0.122 e. The van der Waals surface area contributed by atoms with Crippen molar-refractivity contribution in [1.82, 2.24) is 0 Å². The van der Waals surface area contributed by atoms with Crippen molar-refractivity contribution < 1.29 is 9.84 Å². The molecule has 1 atom stereocenters. The number of aliphatic hydroxyl groups is 1. The predicted octanol–water partition coefficient (Wildman–Crippen LogP) is 3.83. The molecular weight excluding hydrogens is 224 g/mol. The van der Waals surface area contributed by atoms with Crippen LogP contribution in [-0.2, 0) is 0 Å². The summed E-state index contributed by atoms with van der Waals surface area (Å²) in [6.45, 7) is 6.41. The Morgan fingerprint density at radius 1 is 1.39 bits per heavy atom. The Balaban J connectivity index is 2.78. The predicted molar refractivity (Wildman–Crippen MR) is 76.2 cm³/mol. The fraction of sp³-hybridized carbons (Fsp3) is 0.500. The summed E-state index contributed by atoms with van der Waals surface area (Å²) in [6, 6.07) is 6.18. The maximum Gasteiger partial charge on any atom is 0.122 e. The van der Waals surface area contributed by atoms with Crippen LogP contribution in [-0.4, -0.2) is 18.8 Å². The van der Waals surface area contributed by atoms with Gasteiger partial charge in [0, 0.05) is 12.5 Å². The van der Waals surface area contributed by atoms with E-state index in [4.69, 9.17) is 4.74 Å². The third-order valence-corrected chi connectivity index (χ3v) is 3.19. The number of hydrogen-bond acceptors (Lipinski definition) is 2. The van der Waals surface area contributed by atoms with Crippen molar-refractivity contribution in [3.05, 3.63) is 41.0 Å². The molecule has 1 N–H and O–H groups in total. The maximum atomic E-state index is 9.52. The van der Waals surface area contributed by atoms with Crippen molar-refractivity contribution in [2.75, 3.05) is 13.7 Å². The minimum absolute atomic E-state index is 0.183. The molecule has 18 heavy (non-hydrogen) atoms. The summed E-state index contributed by atoms with van der Waals surface area (Å²) >= 11 is 0. The average molecular weight is 248 g/mol. The van der Waals surface area contributed by atoms with E-state index in [1.165, 1.54) is 5.57 Å². The van der Waals surface area contributed by atoms with Crippen molar-refractivity contribution in [1.29, 1.82) is 0 Å². The standard InChI is InChI=1S/C16H24O2/c1-12(2)6-5-7-15(11-17)14-9-8-13(3)16(10-14)18-4/h6,8-10,15,17H,5,7,11H2,1-4H3. The highest BCUT2D eigenvalue weighted by molar-refractivity contribution is 5.38. The van der Waals surface area contributed by atoms with Crippen LogP contribution < -0.4 is 4.74 Å². The first-order valence-corrected chi connectivity index (χ1v) is 6.47. The van der Waals surface area contributed by atoms with Gasteiger partial charge in [-0.3, -0.25) is 0 Å². The average Bonchev–Trinajstić information content (AvgIpc) is 2.35. The minimum Gasteiger partial charge on any atom is -0.496 e. The molecule has 1 rings (SSSR count). The van der Waals surface area contributed by atoms with Crippen LogP contribution in [0.4, 0.5) is 0 Å². The lowest BCUT2D eigenvalue weighted by Crippen LogP contribution is -2.04. The third-order valence-electron chi connectivity index (χ3n) is 3.19. The summed E-state index contributed by atoms with van der Waals surface area (Å²) in [6.07, 6.45) is 4.19. The summed E-state index contributed by atoms with van der Waals surface area (Å²) in [4.78, 5) is 0. The zero-order valence-electron chi connectivity index (χ0n) is 11.9. The van der Waals surface area contributed by atoms with Crippen LogP contribution >= 0.6 is 0 Å². The molecule has 2 heteroatoms. The topological polar surface area (TPSA) is 29.5 Å². The molecule has 0 radical (unpaired) electrons. The number of allylic oxidation sites excluding steroid dienone is 2. The van der Waals surface area contributed by atoms with Gasteiger partial charge in [-0.25, -0.2) is 0 Å². The Labute approximate surface area is 110 Å². The highest BCUT2D eigenvalue weighted by Gasteiger charge is 2.11. The Morgan fingerprint density at radius 3 is 2.67 bits per heavy atom. The normalized spacial score (nSPS) is 12.1. The Kier molecular flexibility index (Phi) is 5.93. The van der Waals surface area contributed by atoms with Gasteiger partial charge in [0.05, 0.1) is 7.11 Å². The lowest BCUT2D eigenvalue weighted by molar-refractivity contribution is 0.259. The van der Waals surface area contributed by atoms with E-state index in [0.717, 1.165) is 29.7 Å². The summed E-state index contributed by atoms with van der Waals surface area (Å²) in [5.74, 6) is 1.09. The molecule has 0 fully saturated rings. The molecule has 0 aliphatic heterocycles. The van der Waals surface area contributed by atoms with E-state index in [9.17, 15) is 5.11 Å². The van der Waals surface area contributed by atoms with Gasteiger partial charge in [-0.1, -0.05) is 23.8 Å². The third kappa shape index (κ3) is 4.19. The molecular formula is C16H24O2. The molecule has 0 heterocycles. The Hall–Kier alpha value is -1.28. The van der Waals surface area contributed by atoms with Gasteiger partial charge in [0.1, 0.15) is 5.75 Å².